The highest BCUT2D eigenvalue weighted by Gasteiger charge is 2.42. The van der Waals surface area contributed by atoms with Gasteiger partial charge < -0.3 is 14.8 Å². The highest BCUT2D eigenvalue weighted by Crippen LogP contribution is 2.41. The molecule has 0 N–H and O–H groups in total. The summed E-state index contributed by atoms with van der Waals surface area (Å²) in [5.74, 6) is -10.2. The number of carbonyl (C=O) groups excluding carboxylic acids is 1. The molecule has 0 radical (unpaired) electrons. The average molecular weight is 633 g/mol. The van der Waals surface area contributed by atoms with Crippen LogP contribution in [0, 0.1) is 23.3 Å². The zero-order valence-electron chi connectivity index (χ0n) is 27.2. The van der Waals surface area contributed by atoms with E-state index < -0.39 is 48.4 Å². The highest BCUT2D eigenvalue weighted by atomic mass is 28.3. The second kappa shape index (κ2) is 9.51. The molecule has 0 bridgehead atoms. The molecule has 3 aliphatic rings. The monoisotopic (exact) mass is 632 g/mol. The first-order chi connectivity index (χ1) is 20.7. The van der Waals surface area contributed by atoms with Gasteiger partial charge in [0.15, 0.2) is 28.8 Å². The number of halogens is 4. The van der Waals surface area contributed by atoms with Gasteiger partial charge in [-0.25, -0.2) is 22.1 Å². The molecule has 0 saturated heterocycles. The third-order valence-corrected chi connectivity index (χ3v) is 13.8. The molecule has 0 atom stereocenters. The van der Waals surface area contributed by atoms with Crippen LogP contribution in [-0.2, 0) is 0 Å². The van der Waals surface area contributed by atoms with Crippen LogP contribution < -0.4 is 35.5 Å². The van der Waals surface area contributed by atoms with Gasteiger partial charge in [-0.2, -0.15) is 0 Å². The number of aromatic carboxylic acids is 1. The van der Waals surface area contributed by atoms with Gasteiger partial charge in [0, 0.05) is 54.9 Å². The fraction of sp³-hybridized carbons (Fsp3) is 0.333. The number of benzene rings is 3. The lowest BCUT2D eigenvalue weighted by Crippen LogP contribution is -2.65. The van der Waals surface area contributed by atoms with Crippen molar-refractivity contribution in [1.82, 2.24) is 4.58 Å². The van der Waals surface area contributed by atoms with Crippen molar-refractivity contribution in [1.29, 1.82) is 0 Å². The predicted molar refractivity (Wildman–Crippen MR) is 172 cm³/mol. The Labute approximate surface area is 261 Å². The number of hydrogen-bond donors (Lipinski definition) is 0. The van der Waals surface area contributed by atoms with Gasteiger partial charge in [-0.05, 0) is 89.8 Å². The molecular formula is C36H36F4N2O2Si. The number of hydrogen-bond acceptors (Lipinski definition) is 3. The van der Waals surface area contributed by atoms with Crippen molar-refractivity contribution in [2.24, 2.45) is 0 Å². The van der Waals surface area contributed by atoms with E-state index in [0.717, 1.165) is 43.7 Å². The summed E-state index contributed by atoms with van der Waals surface area (Å²) in [6, 6.07) is 7.85. The Balaban J connectivity index is 1.91. The molecule has 9 heteroatoms. The van der Waals surface area contributed by atoms with Crippen molar-refractivity contribution in [3.05, 3.63) is 98.1 Å². The van der Waals surface area contributed by atoms with E-state index in [0.29, 0.717) is 10.8 Å². The van der Waals surface area contributed by atoms with Gasteiger partial charge in [0.2, 0.25) is 5.36 Å². The summed E-state index contributed by atoms with van der Waals surface area (Å²) in [6.45, 7) is 16.6. The van der Waals surface area contributed by atoms with Crippen molar-refractivity contribution >= 4 is 46.8 Å². The summed E-state index contributed by atoms with van der Waals surface area (Å²) >= 11 is 0. The SMILES string of the molecule is CC1=CC(C)(C)N(C)c2cc3c(cc21)C(c1c(F)c(F)c(F)c(F)c1C(=O)[O-])=c1cc2c(cc1[Si]3(C)C)=[N+](C)C(C)(C)C=C2C. The van der Waals surface area contributed by atoms with Crippen LogP contribution in [0.1, 0.15) is 74.2 Å². The minimum Gasteiger partial charge on any atom is -0.545 e. The molecule has 234 valence electrons. The fourth-order valence-corrected chi connectivity index (χ4v) is 10.5. The van der Waals surface area contributed by atoms with Crippen LogP contribution in [0.5, 0.6) is 0 Å². The standard InChI is InChI=1S/C36H36F4N2O2Si/c1-17-15-35(3,4)41(7)23-13-25-21(11-19(17)23)27(28-29(34(43)44)31(38)33(40)32(39)30(28)37)22-12-20-18(2)16-36(5,6)42(8)24(20)14-26(22)45(25,9)10/h11-16H,1-10H3. The number of rotatable bonds is 2. The smallest absolute Gasteiger partial charge is 0.207 e. The molecule has 45 heavy (non-hydrogen) atoms. The maximum Gasteiger partial charge on any atom is 0.207 e. The van der Waals surface area contributed by atoms with Crippen molar-refractivity contribution in [3.8, 4) is 0 Å². The van der Waals surface area contributed by atoms with Crippen LogP contribution in [0.4, 0.5) is 23.2 Å². The lowest BCUT2D eigenvalue weighted by molar-refractivity contribution is -0.255. The Morgan fingerprint density at radius 1 is 0.822 bits per heavy atom. The van der Waals surface area contributed by atoms with Crippen molar-refractivity contribution < 1.29 is 27.5 Å². The zero-order chi connectivity index (χ0) is 33.3. The minimum atomic E-state index is -2.68. The Morgan fingerprint density at radius 3 is 2.04 bits per heavy atom. The summed E-state index contributed by atoms with van der Waals surface area (Å²) in [5.41, 5.74) is 2.15. The molecule has 0 spiro atoms. The number of allylic oxidation sites excluding steroid dienone is 2. The quantitative estimate of drug-likeness (QED) is 0.142. The summed E-state index contributed by atoms with van der Waals surface area (Å²) in [6.07, 6.45) is 4.21. The maximum absolute atomic E-state index is 16.1. The molecule has 0 aromatic heterocycles. The summed E-state index contributed by atoms with van der Waals surface area (Å²) < 4.78 is 63.1. The van der Waals surface area contributed by atoms with Gasteiger partial charge in [0.05, 0.1) is 11.5 Å². The second-order valence-corrected chi connectivity index (χ2v) is 18.5. The number of likely N-dealkylation sites (N-methyl/N-ethyl adjacent to an activating group) is 2. The molecule has 0 fully saturated rings. The molecule has 6 rings (SSSR count). The third-order valence-electron chi connectivity index (χ3n) is 10.3. The lowest BCUT2D eigenvalue weighted by atomic mass is 9.84. The Morgan fingerprint density at radius 2 is 1.42 bits per heavy atom. The Hall–Kier alpha value is -3.98. The number of carboxylic acids is 1. The van der Waals surface area contributed by atoms with Gasteiger partial charge in [-0.15, -0.1) is 0 Å². The van der Waals surface area contributed by atoms with Gasteiger partial charge >= 0.3 is 0 Å². The maximum atomic E-state index is 16.1. The summed E-state index contributed by atoms with van der Waals surface area (Å²) in [4.78, 5) is 14.6. The fourth-order valence-electron chi connectivity index (χ4n) is 7.46. The van der Waals surface area contributed by atoms with Crippen LogP contribution >= 0.6 is 0 Å². The minimum absolute atomic E-state index is 0.00694. The van der Waals surface area contributed by atoms with Crippen LogP contribution in [-0.4, -0.2) is 39.2 Å². The predicted octanol–water partition coefficient (Wildman–Crippen LogP) is 3.94. The van der Waals surface area contributed by atoms with Crippen LogP contribution in [0.15, 0.2) is 36.4 Å². The van der Waals surface area contributed by atoms with E-state index >= 15 is 13.2 Å². The average Bonchev–Trinajstić information content (AvgIpc) is 2.94. The second-order valence-electron chi connectivity index (χ2n) is 14.2. The first-order valence-corrected chi connectivity index (χ1v) is 17.9. The number of carbonyl (C=O) groups is 1. The zero-order valence-corrected chi connectivity index (χ0v) is 28.2. The molecule has 0 unspecified atom stereocenters. The van der Waals surface area contributed by atoms with Crippen LogP contribution in [0.2, 0.25) is 13.1 Å². The Bertz CT molecular complexity index is 2110. The molecule has 3 aromatic rings. The van der Waals surface area contributed by atoms with Gasteiger partial charge in [-0.1, -0.05) is 19.2 Å². The number of fused-ring (bicyclic) bond motifs is 4. The molecule has 3 heterocycles. The molecular weight excluding hydrogens is 596 g/mol. The lowest BCUT2D eigenvalue weighted by Gasteiger charge is -2.43. The molecule has 3 aliphatic heterocycles. The Kier molecular flexibility index (Phi) is 6.56. The third kappa shape index (κ3) is 4.15. The van der Waals surface area contributed by atoms with Crippen molar-refractivity contribution in [2.45, 2.75) is 65.7 Å². The van der Waals surface area contributed by atoms with Gasteiger partial charge in [0.1, 0.15) is 15.1 Å². The first kappa shape index (κ1) is 31.0. The molecule has 0 amide bonds. The van der Waals surface area contributed by atoms with E-state index in [4.69, 9.17) is 0 Å². The number of anilines is 1. The van der Waals surface area contributed by atoms with Crippen molar-refractivity contribution in [3.63, 3.8) is 0 Å². The van der Waals surface area contributed by atoms with E-state index in [1.54, 1.807) is 0 Å². The highest BCUT2D eigenvalue weighted by molar-refractivity contribution is 7.01. The van der Waals surface area contributed by atoms with Crippen LogP contribution in [0.25, 0.3) is 16.7 Å². The molecule has 3 aromatic carbocycles. The molecule has 0 saturated carbocycles. The van der Waals surface area contributed by atoms with Gasteiger partial charge in [-0.3, -0.25) is 0 Å². The summed E-state index contributed by atoms with van der Waals surface area (Å²) in [7, 11) is 1.30. The number of nitrogens with zero attached hydrogens (tertiary/aromatic N) is 2. The van der Waals surface area contributed by atoms with E-state index in [2.05, 4.69) is 74.5 Å². The largest absolute Gasteiger partial charge is 0.545 e. The first-order valence-electron chi connectivity index (χ1n) is 14.9. The van der Waals surface area contributed by atoms with E-state index in [1.165, 1.54) is 0 Å². The van der Waals surface area contributed by atoms with Crippen molar-refractivity contribution in [2.75, 3.05) is 19.0 Å². The van der Waals surface area contributed by atoms with Gasteiger partial charge in [0.25, 0.3) is 0 Å². The van der Waals surface area contributed by atoms with E-state index in [-0.39, 0.29) is 16.7 Å². The normalized spacial score (nSPS) is 18.8. The number of carboxylic acid groups (broad SMARTS) is 1. The van der Waals surface area contributed by atoms with E-state index in [1.807, 2.05) is 40.1 Å². The molecule has 4 nitrogen and oxygen atoms in total. The topological polar surface area (TPSA) is 46.4 Å². The van der Waals surface area contributed by atoms with E-state index in [9.17, 15) is 14.3 Å². The molecule has 0 aliphatic carbocycles. The van der Waals surface area contributed by atoms with Crippen LogP contribution in [0.3, 0.4) is 0 Å². The summed E-state index contributed by atoms with van der Waals surface area (Å²) in [5, 5.41) is 15.5.